The number of carbonyl (C=O) groups is 1. The zero-order valence-corrected chi connectivity index (χ0v) is 11.4. The third kappa shape index (κ3) is 8.41. The van der Waals surface area contributed by atoms with Crippen molar-refractivity contribution < 1.29 is 9.53 Å². The molecule has 1 amide bonds. The molecule has 1 rings (SSSR count). The van der Waals surface area contributed by atoms with Gasteiger partial charge in [0.1, 0.15) is 0 Å². The second kappa shape index (κ2) is 9.68. The highest BCUT2D eigenvalue weighted by Crippen LogP contribution is 2.20. The summed E-state index contributed by atoms with van der Waals surface area (Å²) in [5.74, 6) is 0.0762. The summed E-state index contributed by atoms with van der Waals surface area (Å²) in [4.78, 5) is 11.3. The Morgan fingerprint density at radius 3 is 2.71 bits per heavy atom. The van der Waals surface area contributed by atoms with Gasteiger partial charge in [-0.25, -0.2) is 0 Å². The van der Waals surface area contributed by atoms with Crippen LogP contribution in [0.5, 0.6) is 0 Å². The van der Waals surface area contributed by atoms with Crippen LogP contribution in [0.25, 0.3) is 0 Å². The van der Waals surface area contributed by atoms with Gasteiger partial charge in [-0.15, -0.1) is 12.4 Å². The van der Waals surface area contributed by atoms with E-state index in [2.05, 4.69) is 5.32 Å². The molecule has 4 nitrogen and oxygen atoms in total. The Labute approximate surface area is 110 Å². The highest BCUT2D eigenvalue weighted by Gasteiger charge is 2.14. The van der Waals surface area contributed by atoms with Crippen LogP contribution in [0.2, 0.25) is 0 Å². The number of hydrogen-bond donors (Lipinski definition) is 2. The fraction of sp³-hybridized carbons (Fsp3) is 0.917. The lowest BCUT2D eigenvalue weighted by atomic mass is 10.2. The maximum atomic E-state index is 11.3. The number of nitrogens with two attached hydrogens (primary N) is 1. The first-order valence-electron chi connectivity index (χ1n) is 6.32. The van der Waals surface area contributed by atoms with Crippen molar-refractivity contribution in [1.29, 1.82) is 0 Å². The van der Waals surface area contributed by atoms with E-state index in [-0.39, 0.29) is 24.4 Å². The van der Waals surface area contributed by atoms with Gasteiger partial charge >= 0.3 is 0 Å². The van der Waals surface area contributed by atoms with Crippen LogP contribution in [0.15, 0.2) is 0 Å². The molecule has 0 aliphatic heterocycles. The van der Waals surface area contributed by atoms with Crippen LogP contribution in [-0.4, -0.2) is 31.2 Å². The maximum absolute atomic E-state index is 11.3. The molecule has 0 bridgehead atoms. The molecule has 0 aromatic carbocycles. The molecule has 3 N–H and O–H groups in total. The van der Waals surface area contributed by atoms with Gasteiger partial charge in [0.2, 0.25) is 5.91 Å². The topological polar surface area (TPSA) is 64.4 Å². The molecule has 0 heterocycles. The van der Waals surface area contributed by atoms with Crippen molar-refractivity contribution in [2.24, 2.45) is 5.73 Å². The molecule has 0 radical (unpaired) electrons. The van der Waals surface area contributed by atoms with E-state index in [9.17, 15) is 4.79 Å². The van der Waals surface area contributed by atoms with Gasteiger partial charge in [-0.3, -0.25) is 4.79 Å². The number of nitrogens with one attached hydrogen (secondary N) is 1. The second-order valence-corrected chi connectivity index (χ2v) is 4.64. The van der Waals surface area contributed by atoms with Crippen LogP contribution in [0, 0.1) is 0 Å². The van der Waals surface area contributed by atoms with Crippen molar-refractivity contribution in [2.45, 2.75) is 57.6 Å². The molecule has 1 fully saturated rings. The first-order valence-corrected chi connectivity index (χ1v) is 6.32. The summed E-state index contributed by atoms with van der Waals surface area (Å²) < 4.78 is 5.64. The van der Waals surface area contributed by atoms with Crippen molar-refractivity contribution in [3.8, 4) is 0 Å². The average molecular weight is 265 g/mol. The Bertz CT molecular complexity index is 207. The highest BCUT2D eigenvalue weighted by atomic mass is 35.5. The van der Waals surface area contributed by atoms with Crippen molar-refractivity contribution in [1.82, 2.24) is 5.32 Å². The third-order valence-corrected chi connectivity index (χ3v) is 2.91. The van der Waals surface area contributed by atoms with E-state index in [1.165, 1.54) is 25.7 Å². The summed E-state index contributed by atoms with van der Waals surface area (Å²) in [6.07, 6.45) is 6.62. The summed E-state index contributed by atoms with van der Waals surface area (Å²) in [5, 5.41) is 2.84. The molecule has 0 saturated heterocycles. The van der Waals surface area contributed by atoms with Crippen LogP contribution in [0.1, 0.15) is 45.4 Å². The summed E-state index contributed by atoms with van der Waals surface area (Å²) in [5.41, 5.74) is 5.57. The first-order chi connectivity index (χ1) is 7.68. The molecule has 1 unspecified atom stereocenters. The number of ether oxygens (including phenoxy) is 1. The van der Waals surface area contributed by atoms with Crippen molar-refractivity contribution >= 4 is 18.3 Å². The fourth-order valence-electron chi connectivity index (χ4n) is 1.92. The van der Waals surface area contributed by atoms with Gasteiger partial charge in [0.05, 0.1) is 12.7 Å². The third-order valence-electron chi connectivity index (χ3n) is 2.91. The summed E-state index contributed by atoms with van der Waals surface area (Å²) in [7, 11) is 0. The Kier molecular flexibility index (Phi) is 9.50. The number of carbonyl (C=O) groups excluding carboxylic acids is 1. The SMILES string of the molecule is CC(N)CCC(=O)NCCOC1CCCC1.Cl. The number of hydrogen-bond acceptors (Lipinski definition) is 3. The van der Waals surface area contributed by atoms with Gasteiger partial charge in [-0.2, -0.15) is 0 Å². The molecule has 1 aliphatic carbocycles. The average Bonchev–Trinajstić information content (AvgIpc) is 2.74. The van der Waals surface area contributed by atoms with E-state index in [4.69, 9.17) is 10.5 Å². The zero-order chi connectivity index (χ0) is 11.8. The van der Waals surface area contributed by atoms with E-state index in [0.29, 0.717) is 25.7 Å². The predicted molar refractivity (Wildman–Crippen MR) is 71.3 cm³/mol. The zero-order valence-electron chi connectivity index (χ0n) is 10.6. The van der Waals surface area contributed by atoms with Gasteiger partial charge in [-0.1, -0.05) is 12.8 Å². The number of rotatable bonds is 7. The van der Waals surface area contributed by atoms with Crippen LogP contribution in [0.3, 0.4) is 0 Å². The van der Waals surface area contributed by atoms with Crippen molar-refractivity contribution in [3.05, 3.63) is 0 Å². The van der Waals surface area contributed by atoms with Crippen LogP contribution < -0.4 is 11.1 Å². The minimum absolute atomic E-state index is 0. The number of halogens is 1. The maximum Gasteiger partial charge on any atom is 0.220 e. The molecule has 102 valence electrons. The summed E-state index contributed by atoms with van der Waals surface area (Å²) in [6.45, 7) is 3.17. The van der Waals surface area contributed by atoms with E-state index >= 15 is 0 Å². The molecular weight excluding hydrogens is 240 g/mol. The normalized spacial score (nSPS) is 17.5. The molecule has 0 aromatic heterocycles. The van der Waals surface area contributed by atoms with Gasteiger partial charge in [-0.05, 0) is 26.2 Å². The predicted octanol–water partition coefficient (Wildman–Crippen LogP) is 1.61. The van der Waals surface area contributed by atoms with E-state index in [1.807, 2.05) is 6.92 Å². The van der Waals surface area contributed by atoms with Crippen LogP contribution in [0.4, 0.5) is 0 Å². The molecule has 0 spiro atoms. The molecule has 1 atom stereocenters. The largest absolute Gasteiger partial charge is 0.376 e. The Morgan fingerprint density at radius 1 is 1.47 bits per heavy atom. The molecule has 1 aliphatic rings. The van der Waals surface area contributed by atoms with Crippen LogP contribution >= 0.6 is 12.4 Å². The number of amides is 1. The minimum atomic E-state index is 0. The minimum Gasteiger partial charge on any atom is -0.376 e. The van der Waals surface area contributed by atoms with E-state index in [0.717, 1.165) is 6.42 Å². The van der Waals surface area contributed by atoms with Gasteiger partial charge < -0.3 is 15.8 Å². The highest BCUT2D eigenvalue weighted by molar-refractivity contribution is 5.85. The summed E-state index contributed by atoms with van der Waals surface area (Å²) >= 11 is 0. The van der Waals surface area contributed by atoms with Gasteiger partial charge in [0, 0.05) is 19.0 Å². The molecule has 0 aromatic rings. The quantitative estimate of drug-likeness (QED) is 0.687. The second-order valence-electron chi connectivity index (χ2n) is 4.64. The van der Waals surface area contributed by atoms with Crippen molar-refractivity contribution in [2.75, 3.05) is 13.2 Å². The lowest BCUT2D eigenvalue weighted by Gasteiger charge is -2.11. The van der Waals surface area contributed by atoms with E-state index < -0.39 is 0 Å². The Morgan fingerprint density at radius 2 is 2.12 bits per heavy atom. The van der Waals surface area contributed by atoms with E-state index in [1.54, 1.807) is 0 Å². The Balaban J connectivity index is 0.00000256. The van der Waals surface area contributed by atoms with Gasteiger partial charge in [0.15, 0.2) is 0 Å². The van der Waals surface area contributed by atoms with Gasteiger partial charge in [0.25, 0.3) is 0 Å². The molecule has 5 heteroatoms. The molecule has 17 heavy (non-hydrogen) atoms. The molecular formula is C12H25ClN2O2. The fourth-order valence-corrected chi connectivity index (χ4v) is 1.92. The first kappa shape index (κ1) is 16.7. The lowest BCUT2D eigenvalue weighted by molar-refractivity contribution is -0.121. The van der Waals surface area contributed by atoms with Crippen molar-refractivity contribution in [3.63, 3.8) is 0 Å². The monoisotopic (exact) mass is 264 g/mol. The standard InChI is InChI=1S/C12H24N2O2.ClH/c1-10(13)6-7-12(15)14-8-9-16-11-4-2-3-5-11;/h10-11H,2-9,13H2,1H3,(H,14,15);1H. The smallest absolute Gasteiger partial charge is 0.220 e. The lowest BCUT2D eigenvalue weighted by Crippen LogP contribution is -2.29. The summed E-state index contributed by atoms with van der Waals surface area (Å²) in [6, 6.07) is 0.0977. The Hall–Kier alpha value is -0.320. The molecule has 1 saturated carbocycles. The van der Waals surface area contributed by atoms with Crippen LogP contribution in [-0.2, 0) is 9.53 Å².